The minimum absolute atomic E-state index is 0.110. The molecule has 154 valence electrons. The number of hydrogen-bond donors (Lipinski definition) is 3. The second kappa shape index (κ2) is 7.37. The van der Waals surface area contributed by atoms with Gasteiger partial charge in [-0.3, -0.25) is 14.3 Å². The molecule has 0 aliphatic carbocycles. The second-order valence-corrected chi connectivity index (χ2v) is 9.56. The maximum absolute atomic E-state index is 12.6. The van der Waals surface area contributed by atoms with E-state index in [1.165, 1.54) is 30.3 Å². The molecule has 12 heteroatoms. The molecule has 1 aliphatic heterocycles. The quantitative estimate of drug-likeness (QED) is 0.630. The van der Waals surface area contributed by atoms with Gasteiger partial charge in [-0.25, -0.2) is 21.6 Å². The molecule has 0 bridgehead atoms. The molecule has 0 saturated heterocycles. The first-order valence-electron chi connectivity index (χ1n) is 8.26. The first-order chi connectivity index (χ1) is 13.5. The Bertz CT molecular complexity index is 1190. The number of carbonyl (C=O) groups is 2. The Hall–Kier alpha value is -3.12. The minimum atomic E-state index is -4.02. The predicted molar refractivity (Wildman–Crippen MR) is 103 cm³/mol. The van der Waals surface area contributed by atoms with Crippen LogP contribution in [0.3, 0.4) is 0 Å². The van der Waals surface area contributed by atoms with Crippen LogP contribution in [0, 0.1) is 0 Å². The maximum atomic E-state index is 12.6. The smallest absolute Gasteiger partial charge is 0.265 e. The van der Waals surface area contributed by atoms with Crippen LogP contribution in [0.5, 0.6) is 5.75 Å². The largest absolute Gasteiger partial charge is 0.479 e. The molecule has 0 fully saturated rings. The number of fused-ring (bicyclic) bond motifs is 1. The van der Waals surface area contributed by atoms with Gasteiger partial charge in [0.25, 0.3) is 26.0 Å². The van der Waals surface area contributed by atoms with Crippen LogP contribution in [0.2, 0.25) is 0 Å². The van der Waals surface area contributed by atoms with Crippen LogP contribution in [-0.2, 0) is 29.6 Å². The SMILES string of the molecule is CC(=O)NS(=O)(=O)c1ccc(NS(=O)(=O)c2ccc3c(c2)NC(=O)C(C)O3)cc1. The van der Waals surface area contributed by atoms with E-state index < -0.39 is 38.0 Å². The lowest BCUT2D eigenvalue weighted by atomic mass is 10.2. The Morgan fingerprint density at radius 2 is 1.62 bits per heavy atom. The molecule has 1 aliphatic rings. The van der Waals surface area contributed by atoms with Crippen molar-refractivity contribution in [3.8, 4) is 5.75 Å². The van der Waals surface area contributed by atoms with Gasteiger partial charge in [-0.15, -0.1) is 0 Å². The summed E-state index contributed by atoms with van der Waals surface area (Å²) in [5, 5.41) is 2.57. The molecule has 0 spiro atoms. The van der Waals surface area contributed by atoms with Crippen molar-refractivity contribution in [1.82, 2.24) is 4.72 Å². The molecule has 0 aromatic heterocycles. The van der Waals surface area contributed by atoms with Crippen LogP contribution in [0.25, 0.3) is 0 Å². The van der Waals surface area contributed by atoms with Crippen LogP contribution >= 0.6 is 0 Å². The molecular formula is C17H17N3O7S2. The number of nitrogens with one attached hydrogen (secondary N) is 3. The Labute approximate surface area is 167 Å². The average Bonchev–Trinajstić information content (AvgIpc) is 2.61. The molecule has 3 rings (SSSR count). The highest BCUT2D eigenvalue weighted by molar-refractivity contribution is 7.92. The fraction of sp³-hybridized carbons (Fsp3) is 0.176. The van der Waals surface area contributed by atoms with Gasteiger partial charge >= 0.3 is 0 Å². The number of sulfonamides is 2. The summed E-state index contributed by atoms with van der Waals surface area (Å²) in [5.41, 5.74) is 0.339. The Kier molecular flexibility index (Phi) is 5.24. The van der Waals surface area contributed by atoms with E-state index in [1.807, 2.05) is 4.72 Å². The molecule has 0 radical (unpaired) electrons. The molecule has 0 saturated carbocycles. The topological polar surface area (TPSA) is 148 Å². The summed E-state index contributed by atoms with van der Waals surface area (Å²) in [6, 6.07) is 8.83. The summed E-state index contributed by atoms with van der Waals surface area (Å²) < 4.78 is 58.6. The number of carbonyl (C=O) groups excluding carboxylic acids is 2. The summed E-state index contributed by atoms with van der Waals surface area (Å²) in [7, 11) is -8.04. The molecule has 29 heavy (non-hydrogen) atoms. The first kappa shape index (κ1) is 20.6. The van der Waals surface area contributed by atoms with Gasteiger partial charge in [-0.1, -0.05) is 0 Å². The number of ether oxygens (including phenoxy) is 1. The van der Waals surface area contributed by atoms with Crippen LogP contribution in [-0.4, -0.2) is 34.8 Å². The van der Waals surface area contributed by atoms with Gasteiger partial charge in [0.1, 0.15) is 5.75 Å². The average molecular weight is 439 g/mol. The van der Waals surface area contributed by atoms with Crippen molar-refractivity contribution in [1.29, 1.82) is 0 Å². The van der Waals surface area contributed by atoms with E-state index in [9.17, 15) is 26.4 Å². The standard InChI is InChI=1S/C17H17N3O7S2/c1-10-17(22)18-15-9-14(7-8-16(15)27-10)29(25,26)20-12-3-5-13(6-4-12)28(23,24)19-11(2)21/h3-10,20H,1-2H3,(H,18,22)(H,19,21). The van der Waals surface area contributed by atoms with E-state index in [-0.39, 0.29) is 21.2 Å². The van der Waals surface area contributed by atoms with Crippen molar-refractivity contribution >= 4 is 43.2 Å². The monoisotopic (exact) mass is 439 g/mol. The zero-order valence-electron chi connectivity index (χ0n) is 15.3. The third-order valence-corrected chi connectivity index (χ3v) is 6.72. The molecule has 2 aromatic carbocycles. The van der Waals surface area contributed by atoms with Crippen molar-refractivity contribution in [2.75, 3.05) is 10.0 Å². The lowest BCUT2D eigenvalue weighted by molar-refractivity contribution is -0.122. The number of rotatable bonds is 5. The van der Waals surface area contributed by atoms with Gasteiger partial charge in [0.2, 0.25) is 5.91 Å². The normalized spacial score (nSPS) is 16.2. The molecule has 2 aromatic rings. The van der Waals surface area contributed by atoms with Crippen LogP contribution in [0.15, 0.2) is 52.3 Å². The van der Waals surface area contributed by atoms with Crippen molar-refractivity contribution < 1.29 is 31.2 Å². The maximum Gasteiger partial charge on any atom is 0.265 e. The molecule has 1 heterocycles. The number of amides is 2. The molecular weight excluding hydrogens is 422 g/mol. The Morgan fingerprint density at radius 3 is 2.24 bits per heavy atom. The lowest BCUT2D eigenvalue weighted by Crippen LogP contribution is -2.34. The van der Waals surface area contributed by atoms with Gasteiger partial charge in [-0.05, 0) is 49.4 Å². The highest BCUT2D eigenvalue weighted by atomic mass is 32.2. The molecule has 3 N–H and O–H groups in total. The fourth-order valence-electron chi connectivity index (χ4n) is 2.52. The number of anilines is 2. The van der Waals surface area contributed by atoms with Gasteiger partial charge in [0.15, 0.2) is 6.10 Å². The van der Waals surface area contributed by atoms with Crippen LogP contribution in [0.4, 0.5) is 11.4 Å². The first-order valence-corrected chi connectivity index (χ1v) is 11.2. The third kappa shape index (κ3) is 4.49. The van der Waals surface area contributed by atoms with Gasteiger partial charge in [0, 0.05) is 12.6 Å². The Balaban J connectivity index is 1.82. The van der Waals surface area contributed by atoms with E-state index in [0.29, 0.717) is 5.75 Å². The van der Waals surface area contributed by atoms with Crippen LogP contribution < -0.4 is 19.5 Å². The zero-order chi connectivity index (χ0) is 21.4. The zero-order valence-corrected chi connectivity index (χ0v) is 16.9. The molecule has 1 atom stereocenters. The van der Waals surface area contributed by atoms with Crippen molar-refractivity contribution in [3.05, 3.63) is 42.5 Å². The number of benzene rings is 2. The van der Waals surface area contributed by atoms with Crippen molar-refractivity contribution in [3.63, 3.8) is 0 Å². The lowest BCUT2D eigenvalue weighted by Gasteiger charge is -2.23. The molecule has 1 unspecified atom stereocenters. The van der Waals surface area contributed by atoms with Crippen molar-refractivity contribution in [2.45, 2.75) is 29.7 Å². The minimum Gasteiger partial charge on any atom is -0.479 e. The van der Waals surface area contributed by atoms with Gasteiger partial charge < -0.3 is 10.1 Å². The summed E-state index contributed by atoms with van der Waals surface area (Å²) >= 11 is 0. The predicted octanol–water partition coefficient (Wildman–Crippen LogP) is 1.03. The van der Waals surface area contributed by atoms with E-state index in [4.69, 9.17) is 4.74 Å². The Morgan fingerprint density at radius 1 is 1.00 bits per heavy atom. The third-order valence-electron chi connectivity index (χ3n) is 3.89. The van der Waals surface area contributed by atoms with E-state index in [0.717, 1.165) is 19.1 Å². The molecule has 2 amide bonds. The van der Waals surface area contributed by atoms with Gasteiger partial charge in [0.05, 0.1) is 15.5 Å². The van der Waals surface area contributed by atoms with Crippen molar-refractivity contribution in [2.24, 2.45) is 0 Å². The van der Waals surface area contributed by atoms with E-state index in [1.54, 1.807) is 6.92 Å². The molecule has 10 nitrogen and oxygen atoms in total. The fourth-order valence-corrected chi connectivity index (χ4v) is 4.59. The highest BCUT2D eigenvalue weighted by Gasteiger charge is 2.26. The highest BCUT2D eigenvalue weighted by Crippen LogP contribution is 2.32. The van der Waals surface area contributed by atoms with E-state index >= 15 is 0 Å². The van der Waals surface area contributed by atoms with Gasteiger partial charge in [-0.2, -0.15) is 0 Å². The van der Waals surface area contributed by atoms with E-state index in [2.05, 4.69) is 10.0 Å². The summed E-state index contributed by atoms with van der Waals surface area (Å²) in [5.74, 6) is -0.785. The summed E-state index contributed by atoms with van der Waals surface area (Å²) in [6.07, 6.45) is -0.685. The van der Waals surface area contributed by atoms with Crippen LogP contribution in [0.1, 0.15) is 13.8 Å². The number of hydrogen-bond acceptors (Lipinski definition) is 7. The summed E-state index contributed by atoms with van der Waals surface area (Å²) in [6.45, 7) is 2.63. The second-order valence-electron chi connectivity index (χ2n) is 6.20. The summed E-state index contributed by atoms with van der Waals surface area (Å²) in [4.78, 5) is 22.4.